The van der Waals surface area contributed by atoms with Crippen molar-refractivity contribution in [3.63, 3.8) is 0 Å². The van der Waals surface area contributed by atoms with Gasteiger partial charge in [0.25, 0.3) is 0 Å². The van der Waals surface area contributed by atoms with Crippen LogP contribution in [0, 0.1) is 5.92 Å². The average molecular weight is 355 g/mol. The predicted octanol–water partition coefficient (Wildman–Crippen LogP) is 3.71. The Morgan fingerprint density at radius 2 is 2.00 bits per heavy atom. The van der Waals surface area contributed by atoms with Crippen molar-refractivity contribution in [1.29, 1.82) is 0 Å². The Kier molecular flexibility index (Phi) is 4.94. The summed E-state index contributed by atoms with van der Waals surface area (Å²) in [7, 11) is 0. The second-order valence-electron chi connectivity index (χ2n) is 6.55. The van der Waals surface area contributed by atoms with Crippen LogP contribution in [0.4, 0.5) is 4.79 Å². The molecule has 1 heterocycles. The van der Waals surface area contributed by atoms with Crippen molar-refractivity contribution in [2.45, 2.75) is 38.8 Å². The first-order chi connectivity index (χ1) is 9.76. The molecule has 0 aromatic heterocycles. The summed E-state index contributed by atoms with van der Waals surface area (Å²) in [6.45, 7) is 7.01. The van der Waals surface area contributed by atoms with Gasteiger partial charge in [-0.05, 0) is 50.8 Å². The van der Waals surface area contributed by atoms with Crippen LogP contribution in [0.2, 0.25) is 0 Å². The third-order valence-corrected chi connectivity index (χ3v) is 4.17. The molecule has 2 unspecified atom stereocenters. The van der Waals surface area contributed by atoms with E-state index in [0.29, 0.717) is 13.1 Å². The van der Waals surface area contributed by atoms with Gasteiger partial charge in [-0.1, -0.05) is 28.1 Å². The number of amides is 1. The maximum Gasteiger partial charge on any atom is 0.410 e. The summed E-state index contributed by atoms with van der Waals surface area (Å²) >= 11 is 3.42. The molecule has 1 aromatic rings. The van der Waals surface area contributed by atoms with E-state index in [4.69, 9.17) is 10.5 Å². The van der Waals surface area contributed by atoms with E-state index in [1.807, 2.05) is 45.0 Å². The highest BCUT2D eigenvalue weighted by Crippen LogP contribution is 2.29. The van der Waals surface area contributed by atoms with E-state index in [9.17, 15) is 4.79 Å². The molecule has 1 aliphatic rings. The van der Waals surface area contributed by atoms with Crippen molar-refractivity contribution in [3.05, 3.63) is 34.3 Å². The summed E-state index contributed by atoms with van der Waals surface area (Å²) < 4.78 is 6.45. The van der Waals surface area contributed by atoms with Crippen molar-refractivity contribution < 1.29 is 9.53 Å². The molecule has 2 N–H and O–H groups in total. The van der Waals surface area contributed by atoms with Crippen LogP contribution in [0.5, 0.6) is 0 Å². The number of nitrogens with two attached hydrogens (primary N) is 1. The quantitative estimate of drug-likeness (QED) is 0.880. The van der Waals surface area contributed by atoms with E-state index >= 15 is 0 Å². The average Bonchev–Trinajstić information content (AvgIpc) is 2.86. The van der Waals surface area contributed by atoms with Gasteiger partial charge < -0.3 is 15.4 Å². The number of likely N-dealkylation sites (tertiary alicyclic amines) is 1. The molecule has 1 saturated heterocycles. The van der Waals surface area contributed by atoms with Crippen molar-refractivity contribution in [2.75, 3.05) is 13.1 Å². The first-order valence-electron chi connectivity index (χ1n) is 7.25. The number of rotatable bonds is 2. The van der Waals surface area contributed by atoms with Crippen molar-refractivity contribution in [3.8, 4) is 0 Å². The summed E-state index contributed by atoms with van der Waals surface area (Å²) in [5.41, 5.74) is 7.00. The second-order valence-corrected chi connectivity index (χ2v) is 7.47. The Morgan fingerprint density at radius 1 is 1.38 bits per heavy atom. The molecule has 2 atom stereocenters. The number of hydrogen-bond acceptors (Lipinski definition) is 3. The molecule has 0 aliphatic carbocycles. The van der Waals surface area contributed by atoms with Crippen LogP contribution in [0.1, 0.15) is 38.8 Å². The van der Waals surface area contributed by atoms with Crippen LogP contribution in [0.15, 0.2) is 28.7 Å². The fourth-order valence-electron chi connectivity index (χ4n) is 2.53. The lowest BCUT2D eigenvalue weighted by Crippen LogP contribution is -2.36. The zero-order chi connectivity index (χ0) is 15.6. The van der Waals surface area contributed by atoms with Gasteiger partial charge in [-0.15, -0.1) is 0 Å². The molecule has 2 rings (SSSR count). The Balaban J connectivity index is 1.95. The van der Waals surface area contributed by atoms with E-state index in [-0.39, 0.29) is 18.1 Å². The third-order valence-electron chi connectivity index (χ3n) is 3.64. The number of carbonyl (C=O) groups is 1. The molecule has 116 valence electrons. The van der Waals surface area contributed by atoms with E-state index in [1.54, 1.807) is 4.90 Å². The van der Waals surface area contributed by atoms with Crippen LogP contribution in [0.3, 0.4) is 0 Å². The lowest BCUT2D eigenvalue weighted by molar-refractivity contribution is 0.0286. The van der Waals surface area contributed by atoms with Crippen LogP contribution < -0.4 is 5.73 Å². The highest BCUT2D eigenvalue weighted by atomic mass is 79.9. The fourth-order valence-corrected chi connectivity index (χ4v) is 2.79. The minimum atomic E-state index is -0.455. The van der Waals surface area contributed by atoms with Gasteiger partial charge >= 0.3 is 6.09 Å². The largest absolute Gasteiger partial charge is 0.444 e. The number of carbonyl (C=O) groups excluding carboxylic acids is 1. The van der Waals surface area contributed by atoms with Crippen LogP contribution in [0.25, 0.3) is 0 Å². The molecule has 1 amide bonds. The number of hydrogen-bond donors (Lipinski definition) is 1. The normalized spacial score (nSPS) is 20.4. The predicted molar refractivity (Wildman–Crippen MR) is 87.0 cm³/mol. The van der Waals surface area contributed by atoms with Crippen molar-refractivity contribution in [1.82, 2.24) is 4.90 Å². The van der Waals surface area contributed by atoms with Gasteiger partial charge in [0, 0.05) is 23.6 Å². The fraction of sp³-hybridized carbons (Fsp3) is 0.562. The Morgan fingerprint density at radius 3 is 2.57 bits per heavy atom. The number of benzene rings is 1. The Hall–Kier alpha value is -1.07. The SMILES string of the molecule is CC(C)(C)OC(=O)N1CCC(C(N)c2ccc(Br)cc2)C1. The molecule has 1 aliphatic heterocycles. The molecule has 5 heteroatoms. The summed E-state index contributed by atoms with van der Waals surface area (Å²) in [5.74, 6) is 0.277. The first-order valence-corrected chi connectivity index (χ1v) is 8.04. The number of ether oxygens (including phenoxy) is 1. The van der Waals surface area contributed by atoms with Crippen LogP contribution >= 0.6 is 15.9 Å². The van der Waals surface area contributed by atoms with Crippen LogP contribution in [-0.4, -0.2) is 29.7 Å². The first kappa shape index (κ1) is 16.3. The van der Waals surface area contributed by atoms with Crippen molar-refractivity contribution in [2.24, 2.45) is 11.7 Å². The smallest absolute Gasteiger partial charge is 0.410 e. The van der Waals surface area contributed by atoms with E-state index < -0.39 is 5.60 Å². The van der Waals surface area contributed by atoms with Gasteiger partial charge in [0.2, 0.25) is 0 Å². The molecule has 1 fully saturated rings. The highest BCUT2D eigenvalue weighted by Gasteiger charge is 2.33. The van der Waals surface area contributed by atoms with Gasteiger partial charge in [-0.3, -0.25) is 0 Å². The monoisotopic (exact) mass is 354 g/mol. The summed E-state index contributed by atoms with van der Waals surface area (Å²) in [6, 6.07) is 8.01. The van der Waals surface area contributed by atoms with Gasteiger partial charge in [0.1, 0.15) is 5.60 Å². The Bertz CT molecular complexity index is 496. The number of halogens is 1. The lowest BCUT2D eigenvalue weighted by Gasteiger charge is -2.25. The van der Waals surface area contributed by atoms with Gasteiger partial charge in [0.05, 0.1) is 0 Å². The molecule has 21 heavy (non-hydrogen) atoms. The zero-order valence-electron chi connectivity index (χ0n) is 12.8. The molecule has 0 bridgehead atoms. The third kappa shape index (κ3) is 4.45. The summed E-state index contributed by atoms with van der Waals surface area (Å²) in [5, 5.41) is 0. The van der Waals surface area contributed by atoms with Gasteiger partial charge in [-0.2, -0.15) is 0 Å². The molecule has 0 radical (unpaired) electrons. The maximum atomic E-state index is 12.1. The minimum Gasteiger partial charge on any atom is -0.444 e. The van der Waals surface area contributed by atoms with E-state index in [0.717, 1.165) is 16.5 Å². The Labute approximate surface area is 134 Å². The van der Waals surface area contributed by atoms with Crippen molar-refractivity contribution >= 4 is 22.0 Å². The molecule has 0 saturated carbocycles. The lowest BCUT2D eigenvalue weighted by atomic mass is 9.93. The maximum absolute atomic E-state index is 12.1. The summed E-state index contributed by atoms with van der Waals surface area (Å²) in [4.78, 5) is 13.8. The molecule has 4 nitrogen and oxygen atoms in total. The standard InChI is InChI=1S/C16H23BrN2O2/c1-16(2,3)21-15(20)19-9-8-12(10-19)14(18)11-4-6-13(17)7-5-11/h4-7,12,14H,8-10,18H2,1-3H3. The molecule has 0 spiro atoms. The number of nitrogens with zero attached hydrogens (tertiary/aromatic N) is 1. The topological polar surface area (TPSA) is 55.6 Å². The minimum absolute atomic E-state index is 0.0504. The zero-order valence-corrected chi connectivity index (χ0v) is 14.4. The highest BCUT2D eigenvalue weighted by molar-refractivity contribution is 9.10. The molecule has 1 aromatic carbocycles. The molecular formula is C16H23BrN2O2. The van der Waals surface area contributed by atoms with Gasteiger partial charge in [-0.25, -0.2) is 4.79 Å². The van der Waals surface area contributed by atoms with Gasteiger partial charge in [0.15, 0.2) is 0 Å². The van der Waals surface area contributed by atoms with E-state index in [2.05, 4.69) is 15.9 Å². The second kappa shape index (κ2) is 6.36. The van der Waals surface area contributed by atoms with Crippen LogP contribution in [-0.2, 0) is 4.74 Å². The molecular weight excluding hydrogens is 332 g/mol. The van der Waals surface area contributed by atoms with E-state index in [1.165, 1.54) is 0 Å². The summed E-state index contributed by atoms with van der Waals surface area (Å²) in [6.07, 6.45) is 0.671.